The quantitative estimate of drug-likeness (QED) is 0.904. The van der Waals surface area contributed by atoms with Crippen LogP contribution in [0.4, 0.5) is 5.69 Å². The van der Waals surface area contributed by atoms with Gasteiger partial charge in [-0.2, -0.15) is 0 Å². The third-order valence-electron chi connectivity index (χ3n) is 2.31. The second-order valence-corrected chi connectivity index (χ2v) is 4.40. The van der Waals surface area contributed by atoms with Crippen LogP contribution in [0.15, 0.2) is 41.4 Å². The number of carbonyl (C=O) groups is 2. The van der Waals surface area contributed by atoms with Gasteiger partial charge in [-0.25, -0.2) is 14.8 Å². The highest BCUT2D eigenvalue weighted by Gasteiger charge is 2.16. The van der Waals surface area contributed by atoms with Gasteiger partial charge in [0.2, 0.25) is 0 Å². The molecule has 0 spiro atoms. The normalized spacial score (nSPS) is 9.95. The molecule has 0 saturated carbocycles. The average Bonchev–Trinajstić information content (AvgIpc) is 2.41. The molecular weight excluding hydrogens is 314 g/mol. The van der Waals surface area contributed by atoms with Gasteiger partial charge in [-0.3, -0.25) is 4.79 Å². The topological polar surface area (TPSA) is 92.2 Å². The van der Waals surface area contributed by atoms with Crippen LogP contribution >= 0.6 is 15.9 Å². The highest BCUT2D eigenvalue weighted by Crippen LogP contribution is 2.26. The molecular formula is C12H8BrN3O3. The number of aromatic nitrogens is 2. The van der Waals surface area contributed by atoms with Crippen LogP contribution in [0.3, 0.4) is 0 Å². The first-order chi connectivity index (χ1) is 9.09. The lowest BCUT2D eigenvalue weighted by atomic mass is 10.1. The zero-order chi connectivity index (χ0) is 13.8. The number of anilines is 1. The van der Waals surface area contributed by atoms with E-state index in [4.69, 9.17) is 5.11 Å². The van der Waals surface area contributed by atoms with Gasteiger partial charge >= 0.3 is 5.97 Å². The summed E-state index contributed by atoms with van der Waals surface area (Å²) in [6.45, 7) is 0. The number of amides is 1. The molecule has 0 unspecified atom stereocenters. The fourth-order valence-electron chi connectivity index (χ4n) is 1.43. The summed E-state index contributed by atoms with van der Waals surface area (Å²) in [6.07, 6.45) is 4.00. The molecule has 7 heteroatoms. The van der Waals surface area contributed by atoms with Crippen molar-refractivity contribution in [2.45, 2.75) is 0 Å². The number of carbonyl (C=O) groups excluding carboxylic acids is 1. The number of nitrogens with one attached hydrogen (secondary N) is 1. The van der Waals surface area contributed by atoms with E-state index in [0.717, 1.165) is 0 Å². The molecule has 0 aliphatic heterocycles. The molecule has 2 N–H and O–H groups in total. The summed E-state index contributed by atoms with van der Waals surface area (Å²) in [4.78, 5) is 30.5. The summed E-state index contributed by atoms with van der Waals surface area (Å²) in [5.74, 6) is -1.60. The van der Waals surface area contributed by atoms with Crippen LogP contribution in [0.1, 0.15) is 20.7 Å². The van der Waals surface area contributed by atoms with Crippen LogP contribution < -0.4 is 5.32 Å². The number of aromatic carboxylic acids is 1. The van der Waals surface area contributed by atoms with E-state index in [0.29, 0.717) is 4.47 Å². The van der Waals surface area contributed by atoms with Crippen molar-refractivity contribution >= 4 is 33.5 Å². The number of carboxylic acids is 1. The summed E-state index contributed by atoms with van der Waals surface area (Å²) < 4.78 is 0.484. The molecule has 0 atom stereocenters. The Kier molecular flexibility index (Phi) is 3.86. The summed E-state index contributed by atoms with van der Waals surface area (Å²) >= 11 is 3.21. The zero-order valence-electron chi connectivity index (χ0n) is 9.50. The standard InChI is InChI=1S/C12H8BrN3O3/c13-9-3-1-2-8(12(18)19)10(9)16-11(17)7-4-14-6-15-5-7/h1-6H,(H,16,17)(H,18,19). The van der Waals surface area contributed by atoms with Crippen molar-refractivity contribution in [3.63, 3.8) is 0 Å². The highest BCUT2D eigenvalue weighted by atomic mass is 79.9. The van der Waals surface area contributed by atoms with Gasteiger partial charge in [-0.05, 0) is 28.1 Å². The first-order valence-electron chi connectivity index (χ1n) is 5.18. The first-order valence-corrected chi connectivity index (χ1v) is 5.97. The second kappa shape index (κ2) is 5.57. The molecule has 0 fully saturated rings. The Balaban J connectivity index is 2.34. The van der Waals surface area contributed by atoms with Crippen molar-refractivity contribution in [1.29, 1.82) is 0 Å². The summed E-state index contributed by atoms with van der Waals surface area (Å²) in [7, 11) is 0. The first kappa shape index (κ1) is 13.2. The summed E-state index contributed by atoms with van der Waals surface area (Å²) in [5.41, 5.74) is 0.443. The van der Waals surface area contributed by atoms with Crippen molar-refractivity contribution in [1.82, 2.24) is 9.97 Å². The van der Waals surface area contributed by atoms with Crippen LogP contribution in [0.25, 0.3) is 0 Å². The van der Waals surface area contributed by atoms with Crippen LogP contribution in [0, 0.1) is 0 Å². The molecule has 1 heterocycles. The predicted octanol–water partition coefficient (Wildman–Crippen LogP) is 2.19. The van der Waals surface area contributed by atoms with Crippen LogP contribution in [-0.2, 0) is 0 Å². The van der Waals surface area contributed by atoms with Gasteiger partial charge in [0.25, 0.3) is 5.91 Å². The summed E-state index contributed by atoms with van der Waals surface area (Å²) in [5, 5.41) is 11.6. The molecule has 96 valence electrons. The Hall–Kier alpha value is -2.28. The van der Waals surface area contributed by atoms with Gasteiger partial charge in [0.05, 0.1) is 16.8 Å². The maximum atomic E-state index is 11.9. The molecule has 1 amide bonds. The number of rotatable bonds is 3. The predicted molar refractivity (Wildman–Crippen MR) is 71.1 cm³/mol. The van der Waals surface area contributed by atoms with Crippen LogP contribution in [-0.4, -0.2) is 27.0 Å². The Morgan fingerprint density at radius 3 is 2.53 bits per heavy atom. The Morgan fingerprint density at radius 2 is 1.89 bits per heavy atom. The van der Waals surface area contributed by atoms with E-state index in [1.807, 2.05) is 0 Å². The second-order valence-electron chi connectivity index (χ2n) is 3.55. The molecule has 19 heavy (non-hydrogen) atoms. The van der Waals surface area contributed by atoms with Crippen molar-refractivity contribution in [3.05, 3.63) is 52.5 Å². The zero-order valence-corrected chi connectivity index (χ0v) is 11.1. The number of para-hydroxylation sites is 1. The maximum absolute atomic E-state index is 11.9. The molecule has 2 rings (SSSR count). The van der Waals surface area contributed by atoms with Gasteiger partial charge in [-0.1, -0.05) is 6.07 Å². The van der Waals surface area contributed by atoms with E-state index in [1.54, 1.807) is 12.1 Å². The number of halogens is 1. The van der Waals surface area contributed by atoms with E-state index in [1.165, 1.54) is 24.8 Å². The van der Waals surface area contributed by atoms with Gasteiger partial charge < -0.3 is 10.4 Å². The maximum Gasteiger partial charge on any atom is 0.337 e. The average molecular weight is 322 g/mol. The third kappa shape index (κ3) is 2.94. The van der Waals surface area contributed by atoms with E-state index < -0.39 is 11.9 Å². The van der Waals surface area contributed by atoms with E-state index >= 15 is 0 Å². The van der Waals surface area contributed by atoms with Gasteiger partial charge in [0, 0.05) is 16.9 Å². The lowest BCUT2D eigenvalue weighted by molar-refractivity contribution is 0.0698. The molecule has 1 aromatic carbocycles. The number of hydrogen-bond donors (Lipinski definition) is 2. The molecule has 0 aliphatic rings. The minimum absolute atomic E-state index is 0.000394. The van der Waals surface area contributed by atoms with Gasteiger partial charge in [0.15, 0.2) is 0 Å². The molecule has 0 bridgehead atoms. The fourth-order valence-corrected chi connectivity index (χ4v) is 1.90. The van der Waals surface area contributed by atoms with Crippen LogP contribution in [0.5, 0.6) is 0 Å². The van der Waals surface area contributed by atoms with Crippen molar-refractivity contribution < 1.29 is 14.7 Å². The van der Waals surface area contributed by atoms with Crippen molar-refractivity contribution in [2.75, 3.05) is 5.32 Å². The smallest absolute Gasteiger partial charge is 0.337 e. The van der Waals surface area contributed by atoms with E-state index in [9.17, 15) is 9.59 Å². The SMILES string of the molecule is O=C(Nc1c(Br)cccc1C(=O)O)c1cncnc1. The highest BCUT2D eigenvalue weighted by molar-refractivity contribution is 9.10. The lowest BCUT2D eigenvalue weighted by Crippen LogP contribution is -2.15. The van der Waals surface area contributed by atoms with Gasteiger partial charge in [0.1, 0.15) is 6.33 Å². The van der Waals surface area contributed by atoms with Crippen molar-refractivity contribution in [2.24, 2.45) is 0 Å². The van der Waals surface area contributed by atoms with E-state index in [-0.39, 0.29) is 16.8 Å². The molecule has 0 radical (unpaired) electrons. The molecule has 1 aromatic heterocycles. The molecule has 6 nitrogen and oxygen atoms in total. The number of nitrogens with zero attached hydrogens (tertiary/aromatic N) is 2. The fraction of sp³-hybridized carbons (Fsp3) is 0. The van der Waals surface area contributed by atoms with Crippen molar-refractivity contribution in [3.8, 4) is 0 Å². The minimum Gasteiger partial charge on any atom is -0.478 e. The Labute approximate surface area is 116 Å². The molecule has 0 saturated heterocycles. The molecule has 0 aliphatic carbocycles. The Bertz CT molecular complexity index is 631. The third-order valence-corrected chi connectivity index (χ3v) is 2.97. The number of hydrogen-bond acceptors (Lipinski definition) is 4. The minimum atomic E-state index is -1.12. The number of carboxylic acid groups (broad SMARTS) is 1. The largest absolute Gasteiger partial charge is 0.478 e. The van der Waals surface area contributed by atoms with E-state index in [2.05, 4.69) is 31.2 Å². The van der Waals surface area contributed by atoms with Gasteiger partial charge in [-0.15, -0.1) is 0 Å². The monoisotopic (exact) mass is 321 g/mol. The van der Waals surface area contributed by atoms with Crippen LogP contribution in [0.2, 0.25) is 0 Å². The Morgan fingerprint density at radius 1 is 1.21 bits per heavy atom. The lowest BCUT2D eigenvalue weighted by Gasteiger charge is -2.10. The number of benzene rings is 1. The summed E-state index contributed by atoms with van der Waals surface area (Å²) in [6, 6.07) is 4.63. The molecule has 2 aromatic rings.